The van der Waals surface area contributed by atoms with E-state index in [1.54, 1.807) is 0 Å². The molecule has 2 saturated heterocycles. The molecule has 82 valence electrons. The molecular weight excluding hydrogens is 182 g/mol. The molecule has 14 heavy (non-hydrogen) atoms. The van der Waals surface area contributed by atoms with E-state index in [0.717, 1.165) is 32.5 Å². The van der Waals surface area contributed by atoms with Gasteiger partial charge in [-0.05, 0) is 25.8 Å². The van der Waals surface area contributed by atoms with Gasteiger partial charge in [0.15, 0.2) is 0 Å². The van der Waals surface area contributed by atoms with Crippen molar-refractivity contribution >= 4 is 0 Å². The van der Waals surface area contributed by atoms with Gasteiger partial charge in [0.05, 0.1) is 19.3 Å². The fourth-order valence-corrected chi connectivity index (χ4v) is 2.25. The first-order valence-corrected chi connectivity index (χ1v) is 5.44. The van der Waals surface area contributed by atoms with Crippen molar-refractivity contribution in [2.24, 2.45) is 0 Å². The maximum absolute atomic E-state index is 9.16. The van der Waals surface area contributed by atoms with Crippen molar-refractivity contribution in [2.75, 3.05) is 33.1 Å². The lowest BCUT2D eigenvalue weighted by molar-refractivity contribution is -0.145. The fourth-order valence-electron chi connectivity index (χ4n) is 2.25. The number of aliphatic hydroxyl groups excluding tert-OH is 1. The van der Waals surface area contributed by atoms with E-state index in [-0.39, 0.29) is 6.61 Å². The second-order valence-corrected chi connectivity index (χ2v) is 4.08. The number of hydrogen-bond acceptors (Lipinski definition) is 4. The second kappa shape index (κ2) is 5.07. The quantitative estimate of drug-likeness (QED) is 0.708. The summed E-state index contributed by atoms with van der Waals surface area (Å²) in [7, 11) is 0. The molecule has 4 heteroatoms. The molecule has 0 spiro atoms. The van der Waals surface area contributed by atoms with Gasteiger partial charge in [-0.2, -0.15) is 0 Å². The van der Waals surface area contributed by atoms with E-state index in [9.17, 15) is 0 Å². The van der Waals surface area contributed by atoms with Gasteiger partial charge in [0, 0.05) is 12.6 Å². The summed E-state index contributed by atoms with van der Waals surface area (Å²) in [6.07, 6.45) is 3.61. The van der Waals surface area contributed by atoms with Crippen LogP contribution in [0.1, 0.15) is 19.3 Å². The Labute approximate surface area is 84.8 Å². The summed E-state index contributed by atoms with van der Waals surface area (Å²) < 4.78 is 10.6. The van der Waals surface area contributed by atoms with Gasteiger partial charge < -0.3 is 14.6 Å². The highest BCUT2D eigenvalue weighted by Crippen LogP contribution is 2.19. The van der Waals surface area contributed by atoms with Crippen LogP contribution in [-0.2, 0) is 9.47 Å². The van der Waals surface area contributed by atoms with Crippen molar-refractivity contribution in [1.82, 2.24) is 4.90 Å². The van der Waals surface area contributed by atoms with E-state index in [4.69, 9.17) is 14.6 Å². The Balaban J connectivity index is 1.77. The topological polar surface area (TPSA) is 41.9 Å². The third kappa shape index (κ3) is 2.45. The lowest BCUT2D eigenvalue weighted by Gasteiger charge is -2.30. The zero-order valence-corrected chi connectivity index (χ0v) is 8.52. The molecule has 0 saturated carbocycles. The number of rotatable bonds is 3. The van der Waals surface area contributed by atoms with Gasteiger partial charge in [0.2, 0.25) is 0 Å². The molecular formula is C10H19NO3. The third-order valence-corrected chi connectivity index (χ3v) is 3.12. The van der Waals surface area contributed by atoms with E-state index in [2.05, 4.69) is 4.90 Å². The van der Waals surface area contributed by atoms with Gasteiger partial charge in [0.1, 0.15) is 6.79 Å². The second-order valence-electron chi connectivity index (χ2n) is 4.08. The van der Waals surface area contributed by atoms with Crippen LogP contribution in [-0.4, -0.2) is 55.2 Å². The molecule has 0 aliphatic carbocycles. The Bertz CT molecular complexity index is 171. The van der Waals surface area contributed by atoms with Crippen molar-refractivity contribution in [1.29, 1.82) is 0 Å². The van der Waals surface area contributed by atoms with Crippen LogP contribution < -0.4 is 0 Å². The largest absolute Gasteiger partial charge is 0.395 e. The lowest BCUT2D eigenvalue weighted by atomic mass is 10.2. The van der Waals surface area contributed by atoms with E-state index in [1.807, 2.05) is 0 Å². The van der Waals surface area contributed by atoms with Crippen LogP contribution in [0.4, 0.5) is 0 Å². The molecule has 2 rings (SSSR count). The molecule has 0 aromatic rings. The summed E-state index contributed by atoms with van der Waals surface area (Å²) >= 11 is 0. The Kier molecular flexibility index (Phi) is 3.75. The monoisotopic (exact) mass is 201 g/mol. The summed E-state index contributed by atoms with van der Waals surface area (Å²) in [5.74, 6) is 0. The summed E-state index contributed by atoms with van der Waals surface area (Å²) in [6.45, 7) is 3.58. The highest BCUT2D eigenvalue weighted by Gasteiger charge is 2.27. The van der Waals surface area contributed by atoms with Gasteiger partial charge in [0.25, 0.3) is 0 Å². The molecule has 4 nitrogen and oxygen atoms in total. The molecule has 2 atom stereocenters. The van der Waals surface area contributed by atoms with Gasteiger partial charge in [-0.3, -0.25) is 4.90 Å². The molecule has 2 aliphatic rings. The van der Waals surface area contributed by atoms with Crippen LogP contribution in [0.3, 0.4) is 0 Å². The highest BCUT2D eigenvalue weighted by atomic mass is 16.7. The summed E-state index contributed by atoms with van der Waals surface area (Å²) in [5.41, 5.74) is 0. The van der Waals surface area contributed by atoms with Crippen LogP contribution in [0.15, 0.2) is 0 Å². The minimum Gasteiger partial charge on any atom is -0.395 e. The molecule has 1 N–H and O–H groups in total. The molecule has 2 heterocycles. The van der Waals surface area contributed by atoms with Gasteiger partial charge in [-0.15, -0.1) is 0 Å². The zero-order valence-electron chi connectivity index (χ0n) is 8.52. The van der Waals surface area contributed by atoms with Crippen molar-refractivity contribution in [3.63, 3.8) is 0 Å². The highest BCUT2D eigenvalue weighted by molar-refractivity contribution is 4.80. The molecule has 0 aromatic carbocycles. The number of aliphatic hydroxyl groups is 1. The summed E-state index contributed by atoms with van der Waals surface area (Å²) in [5, 5.41) is 9.16. The Hall–Kier alpha value is -0.160. The van der Waals surface area contributed by atoms with Crippen molar-refractivity contribution in [3.05, 3.63) is 0 Å². The standard InChI is InChI=1S/C10H19NO3/c12-7-9-2-1-4-11(9)6-10-3-5-13-8-14-10/h9-10,12H,1-8H2/t9-,10?/m0/s1. The average molecular weight is 201 g/mol. The lowest BCUT2D eigenvalue weighted by Crippen LogP contribution is -2.41. The maximum Gasteiger partial charge on any atom is 0.147 e. The smallest absolute Gasteiger partial charge is 0.147 e. The summed E-state index contributed by atoms with van der Waals surface area (Å²) in [6, 6.07) is 0.362. The molecule has 0 aromatic heterocycles. The minimum atomic E-state index is 0.281. The van der Waals surface area contributed by atoms with Crippen LogP contribution >= 0.6 is 0 Å². The first kappa shape index (κ1) is 10.4. The fraction of sp³-hybridized carbons (Fsp3) is 1.00. The third-order valence-electron chi connectivity index (χ3n) is 3.12. The number of likely N-dealkylation sites (tertiary alicyclic amines) is 1. The maximum atomic E-state index is 9.16. The molecule has 0 bridgehead atoms. The van der Waals surface area contributed by atoms with Crippen molar-refractivity contribution in [2.45, 2.75) is 31.4 Å². The van der Waals surface area contributed by atoms with E-state index < -0.39 is 0 Å². The molecule has 2 aliphatic heterocycles. The predicted octanol–water partition coefficient (Wildman–Crippen LogP) is 0.206. The molecule has 0 radical (unpaired) electrons. The first-order chi connectivity index (χ1) is 6.90. The van der Waals surface area contributed by atoms with Gasteiger partial charge in [-0.25, -0.2) is 0 Å². The normalized spacial score (nSPS) is 34.9. The average Bonchev–Trinajstić information content (AvgIpc) is 2.67. The van der Waals surface area contributed by atoms with Crippen molar-refractivity contribution in [3.8, 4) is 0 Å². The Morgan fingerprint density at radius 2 is 2.29 bits per heavy atom. The van der Waals surface area contributed by atoms with Crippen LogP contribution in [0, 0.1) is 0 Å². The van der Waals surface area contributed by atoms with Gasteiger partial charge in [-0.1, -0.05) is 0 Å². The van der Waals surface area contributed by atoms with E-state index in [1.165, 1.54) is 6.42 Å². The molecule has 0 amide bonds. The molecule has 1 unspecified atom stereocenters. The van der Waals surface area contributed by atoms with Crippen LogP contribution in [0.2, 0.25) is 0 Å². The first-order valence-electron chi connectivity index (χ1n) is 5.44. The van der Waals surface area contributed by atoms with Crippen molar-refractivity contribution < 1.29 is 14.6 Å². The molecule has 2 fully saturated rings. The number of hydrogen-bond donors (Lipinski definition) is 1. The SMILES string of the molecule is OC[C@@H]1CCCN1CC1CCOCO1. The Morgan fingerprint density at radius 3 is 3.00 bits per heavy atom. The number of ether oxygens (including phenoxy) is 2. The number of nitrogens with zero attached hydrogens (tertiary/aromatic N) is 1. The van der Waals surface area contributed by atoms with Crippen LogP contribution in [0.5, 0.6) is 0 Å². The summed E-state index contributed by atoms with van der Waals surface area (Å²) in [4.78, 5) is 2.34. The minimum absolute atomic E-state index is 0.281. The van der Waals surface area contributed by atoms with E-state index >= 15 is 0 Å². The van der Waals surface area contributed by atoms with E-state index in [0.29, 0.717) is 18.9 Å². The van der Waals surface area contributed by atoms with Gasteiger partial charge >= 0.3 is 0 Å². The Morgan fingerprint density at radius 1 is 1.36 bits per heavy atom. The predicted molar refractivity (Wildman–Crippen MR) is 52.0 cm³/mol. The van der Waals surface area contributed by atoms with Crippen LogP contribution in [0.25, 0.3) is 0 Å². The zero-order chi connectivity index (χ0) is 9.80.